The monoisotopic (exact) mass is 458 g/mol. The molecular formula is C23H40Cl2N4O. The molecule has 7 heteroatoms. The van der Waals surface area contributed by atoms with E-state index in [1.54, 1.807) is 0 Å². The number of benzene rings is 1. The van der Waals surface area contributed by atoms with Crippen LogP contribution in [-0.2, 0) is 17.6 Å². The number of carbonyl (C=O) groups is 1. The normalized spacial score (nSPS) is 18.4. The summed E-state index contributed by atoms with van der Waals surface area (Å²) in [6, 6.07) is 9.15. The van der Waals surface area contributed by atoms with Crippen LogP contribution in [0.1, 0.15) is 37.3 Å². The fraction of sp³-hybridized carbons (Fsp3) is 0.696. The van der Waals surface area contributed by atoms with Crippen molar-refractivity contribution in [3.8, 4) is 0 Å². The molecule has 3 rings (SSSR count). The lowest BCUT2D eigenvalue weighted by Gasteiger charge is -2.38. The number of amides is 1. The maximum absolute atomic E-state index is 12.6. The van der Waals surface area contributed by atoms with Gasteiger partial charge in [0.1, 0.15) is 0 Å². The molecule has 1 heterocycles. The molecule has 1 aromatic rings. The second kappa shape index (κ2) is 12.9. The van der Waals surface area contributed by atoms with Crippen molar-refractivity contribution in [2.75, 3.05) is 46.8 Å². The van der Waals surface area contributed by atoms with Crippen LogP contribution in [-0.4, -0.2) is 79.5 Å². The number of carbonyl (C=O) groups excluding carboxylic acids is 1. The molecule has 172 valence electrons. The number of nitrogens with zero attached hydrogens (tertiary/aromatic N) is 3. The lowest BCUT2D eigenvalue weighted by Crippen LogP contribution is -2.48. The molecule has 1 aliphatic heterocycles. The number of fused-ring (bicyclic) bond motifs is 1. The van der Waals surface area contributed by atoms with E-state index in [-0.39, 0.29) is 30.7 Å². The van der Waals surface area contributed by atoms with Gasteiger partial charge < -0.3 is 15.5 Å². The van der Waals surface area contributed by atoms with E-state index >= 15 is 0 Å². The molecule has 1 aliphatic carbocycles. The molecule has 1 atom stereocenters. The predicted molar refractivity (Wildman–Crippen MR) is 130 cm³/mol. The summed E-state index contributed by atoms with van der Waals surface area (Å²) in [6.07, 6.45) is 5.76. The maximum Gasteiger partial charge on any atom is 0.239 e. The molecule has 1 amide bonds. The van der Waals surface area contributed by atoms with Crippen molar-refractivity contribution in [3.63, 3.8) is 0 Å². The predicted octanol–water partition coefficient (Wildman–Crippen LogP) is 2.84. The Kier molecular flexibility index (Phi) is 11.7. The van der Waals surface area contributed by atoms with Gasteiger partial charge in [0.05, 0.1) is 6.04 Å². The fourth-order valence-corrected chi connectivity index (χ4v) is 4.76. The van der Waals surface area contributed by atoms with Crippen LogP contribution in [0.4, 0.5) is 0 Å². The van der Waals surface area contributed by atoms with Crippen molar-refractivity contribution in [3.05, 3.63) is 35.4 Å². The van der Waals surface area contributed by atoms with E-state index in [4.69, 9.17) is 5.73 Å². The molecule has 2 aliphatic rings. The second-order valence-corrected chi connectivity index (χ2v) is 9.04. The molecule has 5 nitrogen and oxygen atoms in total. The third-order valence-electron chi connectivity index (χ3n) is 6.41. The molecule has 0 saturated carbocycles. The van der Waals surface area contributed by atoms with Crippen LogP contribution in [0.5, 0.6) is 0 Å². The molecule has 2 N–H and O–H groups in total. The Morgan fingerprint density at radius 3 is 2.17 bits per heavy atom. The zero-order valence-electron chi connectivity index (χ0n) is 18.8. The second-order valence-electron chi connectivity index (χ2n) is 9.04. The molecule has 0 spiro atoms. The zero-order chi connectivity index (χ0) is 20.1. The maximum atomic E-state index is 12.6. The van der Waals surface area contributed by atoms with Gasteiger partial charge in [0.25, 0.3) is 0 Å². The van der Waals surface area contributed by atoms with E-state index in [9.17, 15) is 4.79 Å². The first-order chi connectivity index (χ1) is 13.4. The van der Waals surface area contributed by atoms with Gasteiger partial charge in [-0.3, -0.25) is 9.69 Å². The summed E-state index contributed by atoms with van der Waals surface area (Å²) in [5.41, 5.74) is 8.97. The third kappa shape index (κ3) is 7.38. The number of piperidine rings is 1. The Hall–Kier alpha value is -0.850. The number of rotatable bonds is 8. The molecule has 1 saturated heterocycles. The smallest absolute Gasteiger partial charge is 0.239 e. The van der Waals surface area contributed by atoms with E-state index in [0.29, 0.717) is 12.0 Å². The minimum Gasteiger partial charge on any atom is -0.341 e. The topological polar surface area (TPSA) is 52.8 Å². The molecule has 0 radical (unpaired) electrons. The Labute approximate surface area is 195 Å². The molecule has 0 bridgehead atoms. The van der Waals surface area contributed by atoms with Crippen LogP contribution in [0.15, 0.2) is 24.3 Å². The van der Waals surface area contributed by atoms with Gasteiger partial charge in [-0.05, 0) is 89.8 Å². The van der Waals surface area contributed by atoms with E-state index in [1.165, 1.54) is 36.8 Å². The molecule has 1 fully saturated rings. The molecule has 0 unspecified atom stereocenters. The van der Waals surface area contributed by atoms with Gasteiger partial charge in [0.15, 0.2) is 0 Å². The first kappa shape index (κ1) is 27.2. The third-order valence-corrected chi connectivity index (χ3v) is 6.41. The van der Waals surface area contributed by atoms with Gasteiger partial charge in [-0.25, -0.2) is 0 Å². The van der Waals surface area contributed by atoms with E-state index in [0.717, 1.165) is 39.1 Å². The summed E-state index contributed by atoms with van der Waals surface area (Å²) >= 11 is 0. The van der Waals surface area contributed by atoms with Gasteiger partial charge in [0.2, 0.25) is 5.91 Å². The Morgan fingerprint density at radius 2 is 1.67 bits per heavy atom. The Balaban J connectivity index is 0.00000225. The van der Waals surface area contributed by atoms with Crippen molar-refractivity contribution in [1.29, 1.82) is 0 Å². The summed E-state index contributed by atoms with van der Waals surface area (Å²) in [6.45, 7) is 6.80. The summed E-state index contributed by atoms with van der Waals surface area (Å²) in [5.74, 6) is 0.703. The van der Waals surface area contributed by atoms with E-state index in [2.05, 4.69) is 48.2 Å². The SMILES string of the molecule is C[C@@H](N)C(=O)N(CCCN(C)C)CC1CCN(C2Cc3ccccc3C2)CC1.Cl.Cl. The number of hydrogen-bond acceptors (Lipinski definition) is 4. The lowest BCUT2D eigenvalue weighted by molar-refractivity contribution is -0.133. The minimum absolute atomic E-state index is 0. The van der Waals surface area contributed by atoms with Crippen molar-refractivity contribution in [1.82, 2.24) is 14.7 Å². The van der Waals surface area contributed by atoms with Crippen LogP contribution in [0.2, 0.25) is 0 Å². The summed E-state index contributed by atoms with van der Waals surface area (Å²) < 4.78 is 0. The average Bonchev–Trinajstić information content (AvgIpc) is 3.11. The van der Waals surface area contributed by atoms with Crippen molar-refractivity contribution < 1.29 is 4.79 Å². The van der Waals surface area contributed by atoms with Crippen LogP contribution >= 0.6 is 24.8 Å². The van der Waals surface area contributed by atoms with Gasteiger partial charge in [-0.1, -0.05) is 24.3 Å². The number of likely N-dealkylation sites (tertiary alicyclic amines) is 1. The average molecular weight is 460 g/mol. The number of halogens is 2. The van der Waals surface area contributed by atoms with Crippen LogP contribution < -0.4 is 5.73 Å². The van der Waals surface area contributed by atoms with Gasteiger partial charge in [-0.15, -0.1) is 24.8 Å². The minimum atomic E-state index is -0.406. The van der Waals surface area contributed by atoms with Crippen LogP contribution in [0, 0.1) is 5.92 Å². The Bertz CT molecular complexity index is 623. The highest BCUT2D eigenvalue weighted by atomic mass is 35.5. The largest absolute Gasteiger partial charge is 0.341 e. The highest BCUT2D eigenvalue weighted by Crippen LogP contribution is 2.29. The number of hydrogen-bond donors (Lipinski definition) is 1. The Morgan fingerprint density at radius 1 is 1.10 bits per heavy atom. The fourth-order valence-electron chi connectivity index (χ4n) is 4.76. The number of nitrogens with two attached hydrogens (primary N) is 1. The highest BCUT2D eigenvalue weighted by Gasteiger charge is 2.31. The van der Waals surface area contributed by atoms with Gasteiger partial charge in [-0.2, -0.15) is 0 Å². The van der Waals surface area contributed by atoms with Crippen molar-refractivity contribution in [2.24, 2.45) is 11.7 Å². The highest BCUT2D eigenvalue weighted by molar-refractivity contribution is 5.85. The lowest BCUT2D eigenvalue weighted by atomic mass is 9.94. The summed E-state index contributed by atoms with van der Waals surface area (Å²) in [5, 5.41) is 0. The van der Waals surface area contributed by atoms with Gasteiger partial charge >= 0.3 is 0 Å². The summed E-state index contributed by atoms with van der Waals surface area (Å²) in [4.78, 5) is 19.5. The standard InChI is InChI=1S/C23H38N4O.2ClH/c1-18(24)23(28)27(12-6-11-25(2)3)17-19-9-13-26(14-10-19)22-15-20-7-4-5-8-21(20)16-22;;/h4-5,7-8,18-19,22H,6,9-17,24H2,1-3H3;2*1H/t18-;;/m1../s1. The first-order valence-corrected chi connectivity index (χ1v) is 10.9. The van der Waals surface area contributed by atoms with Crippen molar-refractivity contribution in [2.45, 2.75) is 51.1 Å². The van der Waals surface area contributed by atoms with E-state index in [1.807, 2.05) is 11.8 Å². The molecule has 30 heavy (non-hydrogen) atoms. The van der Waals surface area contributed by atoms with Crippen LogP contribution in [0.25, 0.3) is 0 Å². The molecular weight excluding hydrogens is 419 g/mol. The summed E-state index contributed by atoms with van der Waals surface area (Å²) in [7, 11) is 4.16. The quantitative estimate of drug-likeness (QED) is 0.650. The van der Waals surface area contributed by atoms with Crippen LogP contribution in [0.3, 0.4) is 0 Å². The zero-order valence-corrected chi connectivity index (χ0v) is 20.4. The molecule has 0 aromatic heterocycles. The van der Waals surface area contributed by atoms with Gasteiger partial charge in [0, 0.05) is 19.1 Å². The molecule has 1 aromatic carbocycles. The van der Waals surface area contributed by atoms with Crippen molar-refractivity contribution >= 4 is 30.7 Å². The van der Waals surface area contributed by atoms with E-state index < -0.39 is 6.04 Å². The first-order valence-electron chi connectivity index (χ1n) is 10.9.